The third kappa shape index (κ3) is 2.85. The number of aliphatic imine (C=N–C) groups is 1. The third-order valence-electron chi connectivity index (χ3n) is 1.24. The van der Waals surface area contributed by atoms with Gasteiger partial charge in [-0.3, -0.25) is 0 Å². The third-order valence-corrected chi connectivity index (χ3v) is 1.24. The van der Waals surface area contributed by atoms with Gasteiger partial charge in [0.25, 0.3) is 0 Å². The Kier molecular flexibility index (Phi) is 3.40. The van der Waals surface area contributed by atoms with Crippen molar-refractivity contribution in [3.63, 3.8) is 0 Å². The fraction of sp³-hybridized carbons (Fsp3) is 0. The number of nitrogens with zero attached hydrogens (tertiary/aromatic N) is 1. The van der Waals surface area contributed by atoms with Crippen molar-refractivity contribution >= 4 is 6.21 Å². The average Bonchev–Trinajstić information content (AvgIpc) is 2.14. The van der Waals surface area contributed by atoms with Crippen molar-refractivity contribution in [2.45, 2.75) is 0 Å². The summed E-state index contributed by atoms with van der Waals surface area (Å²) in [4.78, 5) is 3.87. The summed E-state index contributed by atoms with van der Waals surface area (Å²) >= 11 is 0. The van der Waals surface area contributed by atoms with Crippen LogP contribution in [0.2, 0.25) is 0 Å². The van der Waals surface area contributed by atoms with E-state index in [4.69, 9.17) is 0 Å². The van der Waals surface area contributed by atoms with Crippen LogP contribution in [0.3, 0.4) is 0 Å². The molecule has 0 saturated carbocycles. The highest BCUT2D eigenvalue weighted by atomic mass is 14.6. The maximum Gasteiger partial charge on any atom is 0.0448 e. The summed E-state index contributed by atoms with van der Waals surface area (Å²) in [6.45, 7) is 3.46. The highest BCUT2D eigenvalue weighted by Gasteiger charge is 1.80. The van der Waals surface area contributed by atoms with E-state index in [2.05, 4.69) is 23.5 Å². The molecule has 0 spiro atoms. The van der Waals surface area contributed by atoms with Gasteiger partial charge in [-0.25, -0.2) is 4.99 Å². The van der Waals surface area contributed by atoms with Crippen molar-refractivity contribution in [2.75, 3.05) is 0 Å². The number of hydrogen-bond acceptors (Lipinski definition) is 1. The van der Waals surface area contributed by atoms with Crippen LogP contribution in [0.15, 0.2) is 48.0 Å². The molecule has 0 N–H and O–H groups in total. The van der Waals surface area contributed by atoms with Gasteiger partial charge in [-0.1, -0.05) is 42.8 Å². The number of rotatable bonds is 1. The first-order chi connectivity index (χ1) is 5.93. The molecule has 0 amide bonds. The second-order valence-electron chi connectivity index (χ2n) is 2.13. The largest absolute Gasteiger partial charge is 0.205 e. The first-order valence-electron chi connectivity index (χ1n) is 3.63. The fourth-order valence-corrected chi connectivity index (χ4v) is 0.729. The van der Waals surface area contributed by atoms with Gasteiger partial charge in [0.2, 0.25) is 0 Å². The second kappa shape index (κ2) is 4.92. The van der Waals surface area contributed by atoms with E-state index in [-0.39, 0.29) is 0 Å². The summed E-state index contributed by atoms with van der Waals surface area (Å²) in [5.74, 6) is 2.63. The maximum atomic E-state index is 3.87. The molecule has 0 fully saturated rings. The van der Waals surface area contributed by atoms with Gasteiger partial charge in [-0.05, 0) is 11.6 Å². The Hall–Kier alpha value is -1.81. The maximum absolute atomic E-state index is 3.87. The van der Waals surface area contributed by atoms with Crippen molar-refractivity contribution < 1.29 is 0 Å². The van der Waals surface area contributed by atoms with Gasteiger partial charge in [-0.15, -0.1) is 0 Å². The molecule has 58 valence electrons. The molecule has 0 heterocycles. The Bertz CT molecular complexity index is 325. The van der Waals surface area contributed by atoms with Crippen LogP contribution in [0.25, 0.3) is 0 Å². The predicted molar refractivity (Wildman–Crippen MR) is 52.0 cm³/mol. The lowest BCUT2D eigenvalue weighted by atomic mass is 10.2. The molecule has 1 nitrogen and oxygen atoms in total. The second-order valence-corrected chi connectivity index (χ2v) is 2.13. The molecule has 1 rings (SSSR count). The lowest BCUT2D eigenvalue weighted by Gasteiger charge is -1.85. The van der Waals surface area contributed by atoms with E-state index in [9.17, 15) is 0 Å². The molecule has 1 aromatic rings. The van der Waals surface area contributed by atoms with Crippen LogP contribution in [-0.4, -0.2) is 6.21 Å². The number of allylic oxidation sites excluding steroid dienone is 1. The van der Waals surface area contributed by atoms with Crippen LogP contribution in [0, 0.1) is 12.0 Å². The number of hydrogen-bond donors (Lipinski definition) is 0. The van der Waals surface area contributed by atoms with E-state index >= 15 is 0 Å². The van der Waals surface area contributed by atoms with Gasteiger partial charge in [0.15, 0.2) is 0 Å². The first kappa shape index (κ1) is 8.29. The van der Waals surface area contributed by atoms with Gasteiger partial charge in [0, 0.05) is 12.3 Å². The van der Waals surface area contributed by atoms with Crippen LogP contribution < -0.4 is 0 Å². The SMILES string of the molecule is C=CC#CN=Cc1ccccc1. The minimum Gasteiger partial charge on any atom is -0.205 e. The summed E-state index contributed by atoms with van der Waals surface area (Å²) in [7, 11) is 0. The van der Waals surface area contributed by atoms with Crippen molar-refractivity contribution in [3.05, 3.63) is 48.6 Å². The van der Waals surface area contributed by atoms with Crippen molar-refractivity contribution in [2.24, 2.45) is 4.99 Å². The van der Waals surface area contributed by atoms with Crippen LogP contribution >= 0.6 is 0 Å². The predicted octanol–water partition coefficient (Wildman–Crippen LogP) is 2.25. The quantitative estimate of drug-likeness (QED) is 0.435. The van der Waals surface area contributed by atoms with E-state index in [1.807, 2.05) is 30.3 Å². The average molecular weight is 155 g/mol. The lowest BCUT2D eigenvalue weighted by Crippen LogP contribution is -1.76. The van der Waals surface area contributed by atoms with Crippen LogP contribution in [-0.2, 0) is 0 Å². The standard InChI is InChI=1S/C11H9N/c1-2-3-9-12-10-11-7-5-4-6-8-11/h2,4-8,10H,1H2. The van der Waals surface area contributed by atoms with Gasteiger partial charge >= 0.3 is 0 Å². The summed E-state index contributed by atoms with van der Waals surface area (Å²) in [5.41, 5.74) is 1.05. The van der Waals surface area contributed by atoms with E-state index < -0.39 is 0 Å². The van der Waals surface area contributed by atoms with E-state index in [1.165, 1.54) is 6.08 Å². The van der Waals surface area contributed by atoms with E-state index in [0.717, 1.165) is 5.56 Å². The monoisotopic (exact) mass is 155 g/mol. The van der Waals surface area contributed by atoms with Gasteiger partial charge < -0.3 is 0 Å². The molecule has 0 aliphatic heterocycles. The van der Waals surface area contributed by atoms with E-state index in [1.54, 1.807) is 6.21 Å². The highest BCUT2D eigenvalue weighted by Crippen LogP contribution is 1.93. The molecular formula is C11H9N. The molecule has 0 radical (unpaired) electrons. The summed E-state index contributed by atoms with van der Waals surface area (Å²) in [6, 6.07) is 12.4. The Morgan fingerprint density at radius 1 is 1.25 bits per heavy atom. The topological polar surface area (TPSA) is 12.4 Å². The summed E-state index contributed by atoms with van der Waals surface area (Å²) < 4.78 is 0. The van der Waals surface area contributed by atoms with Crippen LogP contribution in [0.1, 0.15) is 5.56 Å². The minimum atomic E-state index is 1.05. The van der Waals surface area contributed by atoms with Crippen molar-refractivity contribution in [1.82, 2.24) is 0 Å². The molecule has 0 unspecified atom stereocenters. The van der Waals surface area contributed by atoms with Gasteiger partial charge in [0.1, 0.15) is 0 Å². The molecule has 0 saturated heterocycles. The Labute approximate surface area is 72.5 Å². The molecule has 0 aliphatic carbocycles. The Morgan fingerprint density at radius 3 is 2.67 bits per heavy atom. The zero-order chi connectivity index (χ0) is 8.65. The molecule has 0 aromatic heterocycles. The summed E-state index contributed by atoms with van der Waals surface area (Å²) in [5, 5.41) is 0. The fourth-order valence-electron chi connectivity index (χ4n) is 0.729. The highest BCUT2D eigenvalue weighted by molar-refractivity contribution is 5.80. The normalized spacial score (nSPS) is 9.00. The molecule has 12 heavy (non-hydrogen) atoms. The minimum absolute atomic E-state index is 1.05. The summed E-state index contributed by atoms with van der Waals surface area (Å²) in [6.07, 6.45) is 3.23. The lowest BCUT2D eigenvalue weighted by molar-refractivity contribution is 1.63. The molecule has 0 bridgehead atoms. The van der Waals surface area contributed by atoms with Crippen LogP contribution in [0.4, 0.5) is 0 Å². The van der Waals surface area contributed by atoms with E-state index in [0.29, 0.717) is 0 Å². The molecule has 1 aromatic carbocycles. The van der Waals surface area contributed by atoms with Crippen molar-refractivity contribution in [1.29, 1.82) is 0 Å². The molecule has 0 atom stereocenters. The van der Waals surface area contributed by atoms with Crippen LogP contribution in [0.5, 0.6) is 0 Å². The number of benzene rings is 1. The van der Waals surface area contributed by atoms with Gasteiger partial charge in [0.05, 0.1) is 0 Å². The smallest absolute Gasteiger partial charge is 0.0448 e. The zero-order valence-electron chi connectivity index (χ0n) is 6.70. The van der Waals surface area contributed by atoms with Crippen molar-refractivity contribution in [3.8, 4) is 12.0 Å². The Morgan fingerprint density at radius 2 is 2.00 bits per heavy atom. The van der Waals surface area contributed by atoms with Gasteiger partial charge in [-0.2, -0.15) is 0 Å². The molecule has 0 aliphatic rings. The Balaban J connectivity index is 2.64. The molecule has 1 heteroatoms. The zero-order valence-corrected chi connectivity index (χ0v) is 6.70. The molecular weight excluding hydrogens is 146 g/mol. The first-order valence-corrected chi connectivity index (χ1v) is 3.63.